The van der Waals surface area contributed by atoms with Crippen LogP contribution in [0.1, 0.15) is 18.1 Å². The smallest absolute Gasteiger partial charge is 0.347 e. The number of rotatable bonds is 4. The highest BCUT2D eigenvalue weighted by Crippen LogP contribution is 2.31. The molecule has 0 unspecified atom stereocenters. The summed E-state index contributed by atoms with van der Waals surface area (Å²) in [6.07, 6.45) is 0.425. The summed E-state index contributed by atoms with van der Waals surface area (Å²) < 4.78 is 10.5. The maximum atomic E-state index is 12.3. The molecule has 0 amide bonds. The van der Waals surface area contributed by atoms with E-state index in [1.807, 2.05) is 24.3 Å². The molecule has 5 nitrogen and oxygen atoms in total. The number of aromatic hydroxyl groups is 1. The van der Waals surface area contributed by atoms with Gasteiger partial charge in [-0.05, 0) is 42.3 Å². The highest BCUT2D eigenvalue weighted by molar-refractivity contribution is 5.88. The van der Waals surface area contributed by atoms with Gasteiger partial charge in [-0.15, -0.1) is 0 Å². The Hall–Kier alpha value is -3.21. The van der Waals surface area contributed by atoms with E-state index >= 15 is 0 Å². The van der Waals surface area contributed by atoms with Crippen molar-refractivity contribution in [3.63, 3.8) is 0 Å². The summed E-state index contributed by atoms with van der Waals surface area (Å²) in [6.45, 7) is 1.70. The van der Waals surface area contributed by atoms with E-state index in [0.717, 1.165) is 11.3 Å². The molecule has 0 aliphatic carbocycles. The summed E-state index contributed by atoms with van der Waals surface area (Å²) in [6, 6.07) is 14.4. The lowest BCUT2D eigenvalue weighted by atomic mass is 10.0. The van der Waals surface area contributed by atoms with Crippen molar-refractivity contribution in [1.29, 1.82) is 0 Å². The minimum Gasteiger partial charge on any atom is -0.506 e. The van der Waals surface area contributed by atoms with E-state index in [2.05, 4.69) is 0 Å². The Kier molecular flexibility index (Phi) is 4.48. The Morgan fingerprint density at radius 3 is 2.72 bits per heavy atom. The molecular formula is C20H19NO4. The Morgan fingerprint density at radius 2 is 1.96 bits per heavy atom. The third-order valence-electron chi connectivity index (χ3n) is 4.17. The fraction of sp³-hybridized carbons (Fsp3) is 0.150. The quantitative estimate of drug-likeness (QED) is 0.712. The van der Waals surface area contributed by atoms with Crippen LogP contribution in [0.5, 0.6) is 11.5 Å². The van der Waals surface area contributed by atoms with Gasteiger partial charge in [0.2, 0.25) is 0 Å². The number of para-hydroxylation sites is 1. The van der Waals surface area contributed by atoms with Gasteiger partial charge < -0.3 is 20.0 Å². The van der Waals surface area contributed by atoms with E-state index < -0.39 is 5.63 Å². The van der Waals surface area contributed by atoms with Crippen molar-refractivity contribution >= 4 is 16.5 Å². The van der Waals surface area contributed by atoms with Crippen molar-refractivity contribution in [2.75, 3.05) is 7.11 Å². The average Bonchev–Trinajstić information content (AvgIpc) is 2.61. The molecule has 3 aromatic rings. The van der Waals surface area contributed by atoms with Crippen LogP contribution < -0.4 is 16.1 Å². The lowest BCUT2D eigenvalue weighted by Crippen LogP contribution is -2.11. The van der Waals surface area contributed by atoms with E-state index in [-0.39, 0.29) is 11.3 Å². The van der Waals surface area contributed by atoms with Crippen LogP contribution in [0, 0.1) is 0 Å². The summed E-state index contributed by atoms with van der Waals surface area (Å²) in [4.78, 5) is 12.3. The standard InChI is InChI=1S/C20H19NO4/c1-12(16(21)11-13-6-5-7-14(10-13)24-2)18-19(22)15-8-3-4-9-17(15)25-20(18)23/h3-10,22H,11,21H2,1-2H3/b16-12-. The SMILES string of the molecule is COc1cccc(C/C(N)=C(\C)c2c(O)c3ccccc3oc2=O)c1. The molecule has 3 rings (SSSR count). The molecule has 0 saturated carbocycles. The zero-order valence-corrected chi connectivity index (χ0v) is 14.1. The number of hydrogen-bond donors (Lipinski definition) is 2. The van der Waals surface area contributed by atoms with Crippen LogP contribution in [0.3, 0.4) is 0 Å². The zero-order chi connectivity index (χ0) is 18.0. The summed E-state index contributed by atoms with van der Waals surface area (Å²) >= 11 is 0. The number of hydrogen-bond acceptors (Lipinski definition) is 5. The Bertz CT molecular complexity index is 1020. The first-order valence-corrected chi connectivity index (χ1v) is 7.84. The summed E-state index contributed by atoms with van der Waals surface area (Å²) in [5.74, 6) is 0.619. The molecular weight excluding hydrogens is 318 g/mol. The van der Waals surface area contributed by atoms with Crippen LogP contribution in [0.25, 0.3) is 16.5 Å². The largest absolute Gasteiger partial charge is 0.506 e. The van der Waals surface area contributed by atoms with Crippen LogP contribution in [0.15, 0.2) is 63.4 Å². The molecule has 0 saturated heterocycles. The van der Waals surface area contributed by atoms with E-state index in [1.165, 1.54) is 0 Å². The molecule has 5 heteroatoms. The minimum absolute atomic E-state index is 0.0964. The average molecular weight is 337 g/mol. The number of fused-ring (bicyclic) bond motifs is 1. The molecule has 0 radical (unpaired) electrons. The number of ether oxygens (including phenoxy) is 1. The van der Waals surface area contributed by atoms with Crippen LogP contribution in [0.2, 0.25) is 0 Å². The summed E-state index contributed by atoms with van der Waals surface area (Å²) in [5, 5.41) is 11.0. The minimum atomic E-state index is -0.609. The van der Waals surface area contributed by atoms with E-state index in [0.29, 0.717) is 28.7 Å². The van der Waals surface area contributed by atoms with E-state index in [4.69, 9.17) is 14.9 Å². The fourth-order valence-corrected chi connectivity index (χ4v) is 2.76. The molecule has 0 bridgehead atoms. The molecule has 128 valence electrons. The number of nitrogens with two attached hydrogens (primary N) is 1. The predicted octanol–water partition coefficient (Wildman–Crippen LogP) is 3.44. The molecule has 0 aliphatic heterocycles. The second-order valence-electron chi connectivity index (χ2n) is 5.79. The Labute approximate surface area is 145 Å². The molecule has 1 heterocycles. The lowest BCUT2D eigenvalue weighted by Gasteiger charge is -2.11. The monoisotopic (exact) mass is 337 g/mol. The molecule has 25 heavy (non-hydrogen) atoms. The molecule has 0 atom stereocenters. The van der Waals surface area contributed by atoms with Crippen molar-refractivity contribution in [1.82, 2.24) is 0 Å². The van der Waals surface area contributed by atoms with Crippen LogP contribution in [-0.2, 0) is 6.42 Å². The first-order chi connectivity index (χ1) is 12.0. The topological polar surface area (TPSA) is 85.7 Å². The third-order valence-corrected chi connectivity index (χ3v) is 4.17. The van der Waals surface area contributed by atoms with Gasteiger partial charge >= 0.3 is 5.63 Å². The van der Waals surface area contributed by atoms with Crippen molar-refractivity contribution < 1.29 is 14.3 Å². The highest BCUT2D eigenvalue weighted by atomic mass is 16.5. The molecule has 0 fully saturated rings. The van der Waals surface area contributed by atoms with Crippen LogP contribution in [0.4, 0.5) is 0 Å². The maximum absolute atomic E-state index is 12.3. The van der Waals surface area contributed by atoms with Crippen molar-refractivity contribution in [2.45, 2.75) is 13.3 Å². The molecule has 3 N–H and O–H groups in total. The van der Waals surface area contributed by atoms with Crippen molar-refractivity contribution in [2.24, 2.45) is 5.73 Å². The van der Waals surface area contributed by atoms with E-state index in [9.17, 15) is 9.90 Å². The summed E-state index contributed by atoms with van der Waals surface area (Å²) in [5.41, 5.74) is 7.95. The van der Waals surface area contributed by atoms with E-state index in [1.54, 1.807) is 38.3 Å². The zero-order valence-electron chi connectivity index (χ0n) is 14.1. The molecule has 0 aliphatic rings. The third kappa shape index (κ3) is 3.21. The molecule has 0 spiro atoms. The van der Waals surface area contributed by atoms with Gasteiger partial charge in [0.25, 0.3) is 0 Å². The maximum Gasteiger partial charge on any atom is 0.347 e. The van der Waals surface area contributed by atoms with Gasteiger partial charge in [-0.3, -0.25) is 0 Å². The number of allylic oxidation sites excluding steroid dienone is 2. The predicted molar refractivity (Wildman–Crippen MR) is 97.6 cm³/mol. The molecule has 2 aromatic carbocycles. The second kappa shape index (κ2) is 6.73. The van der Waals surface area contributed by atoms with Gasteiger partial charge in [0.1, 0.15) is 22.6 Å². The Balaban J connectivity index is 2.06. The first-order valence-electron chi connectivity index (χ1n) is 7.84. The summed E-state index contributed by atoms with van der Waals surface area (Å²) in [7, 11) is 1.60. The normalized spacial score (nSPS) is 12.1. The molecule has 1 aromatic heterocycles. The van der Waals surface area contributed by atoms with Crippen molar-refractivity contribution in [3.05, 3.63) is 75.8 Å². The fourth-order valence-electron chi connectivity index (χ4n) is 2.76. The van der Waals surface area contributed by atoms with Crippen LogP contribution >= 0.6 is 0 Å². The highest BCUT2D eigenvalue weighted by Gasteiger charge is 2.17. The van der Waals surface area contributed by atoms with Gasteiger partial charge in [-0.2, -0.15) is 0 Å². The second-order valence-corrected chi connectivity index (χ2v) is 5.79. The Morgan fingerprint density at radius 1 is 1.20 bits per heavy atom. The number of methoxy groups -OCH3 is 1. The van der Waals surface area contributed by atoms with Gasteiger partial charge in [0, 0.05) is 12.1 Å². The van der Waals surface area contributed by atoms with Gasteiger partial charge in [-0.25, -0.2) is 4.79 Å². The van der Waals surface area contributed by atoms with Crippen LogP contribution in [-0.4, -0.2) is 12.2 Å². The van der Waals surface area contributed by atoms with Crippen molar-refractivity contribution in [3.8, 4) is 11.5 Å². The van der Waals surface area contributed by atoms with Gasteiger partial charge in [0.05, 0.1) is 12.5 Å². The van der Waals surface area contributed by atoms with Gasteiger partial charge in [-0.1, -0.05) is 24.3 Å². The van der Waals surface area contributed by atoms with Gasteiger partial charge in [0.15, 0.2) is 0 Å². The number of benzene rings is 2. The lowest BCUT2D eigenvalue weighted by molar-refractivity contribution is 0.414. The first kappa shape index (κ1) is 16.6.